The first-order valence-corrected chi connectivity index (χ1v) is 8.11. The van der Waals surface area contributed by atoms with Gasteiger partial charge >= 0.3 is 0 Å². The zero-order valence-electron chi connectivity index (χ0n) is 13.9. The molecule has 1 atom stereocenters. The maximum atomic E-state index is 12.9. The molecule has 0 radical (unpaired) electrons. The Labute approximate surface area is 144 Å². The monoisotopic (exact) mass is 349 g/mol. The fourth-order valence-corrected chi connectivity index (χ4v) is 2.75. The molecule has 1 amide bonds. The number of hydrogen-bond acceptors (Lipinski definition) is 6. The summed E-state index contributed by atoms with van der Waals surface area (Å²) in [5.74, 6) is 1.02. The molecule has 1 aliphatic rings. The van der Waals surface area contributed by atoms with E-state index in [0.717, 1.165) is 0 Å². The molecule has 134 valence electrons. The van der Waals surface area contributed by atoms with Gasteiger partial charge in [-0.1, -0.05) is 5.16 Å². The molecule has 1 aromatic heterocycles. The highest BCUT2D eigenvalue weighted by molar-refractivity contribution is 5.76. The second-order valence-corrected chi connectivity index (χ2v) is 6.27. The van der Waals surface area contributed by atoms with Gasteiger partial charge in [-0.3, -0.25) is 4.79 Å². The number of amides is 1. The van der Waals surface area contributed by atoms with Crippen molar-refractivity contribution in [3.8, 4) is 5.75 Å². The lowest BCUT2D eigenvalue weighted by molar-refractivity contribution is -0.131. The van der Waals surface area contributed by atoms with E-state index in [1.165, 1.54) is 24.3 Å². The molecule has 1 fully saturated rings. The van der Waals surface area contributed by atoms with Gasteiger partial charge in [0.15, 0.2) is 5.82 Å². The quantitative estimate of drug-likeness (QED) is 0.850. The number of nitrogens with zero attached hydrogens (tertiary/aromatic N) is 3. The van der Waals surface area contributed by atoms with E-state index in [0.29, 0.717) is 36.9 Å². The molecule has 2 heterocycles. The molecule has 1 aliphatic heterocycles. The van der Waals surface area contributed by atoms with Gasteiger partial charge in [0.2, 0.25) is 11.8 Å². The van der Waals surface area contributed by atoms with E-state index in [1.807, 2.05) is 0 Å². The van der Waals surface area contributed by atoms with Gasteiger partial charge in [0, 0.05) is 19.4 Å². The predicted molar refractivity (Wildman–Crippen MR) is 85.4 cm³/mol. The van der Waals surface area contributed by atoms with Crippen molar-refractivity contribution in [2.75, 3.05) is 19.7 Å². The summed E-state index contributed by atoms with van der Waals surface area (Å²) in [6, 6.07) is 5.60. The summed E-state index contributed by atoms with van der Waals surface area (Å²) in [6.45, 7) is 2.43. The van der Waals surface area contributed by atoms with Gasteiger partial charge in [-0.2, -0.15) is 4.98 Å². The Morgan fingerprint density at radius 3 is 2.88 bits per heavy atom. The number of rotatable bonds is 6. The molecular weight excluding hydrogens is 329 g/mol. The van der Waals surface area contributed by atoms with Crippen molar-refractivity contribution in [1.29, 1.82) is 0 Å². The first-order chi connectivity index (χ1) is 11.9. The van der Waals surface area contributed by atoms with E-state index in [9.17, 15) is 14.3 Å². The van der Waals surface area contributed by atoms with Crippen LogP contribution in [0.3, 0.4) is 0 Å². The van der Waals surface area contributed by atoms with E-state index in [-0.39, 0.29) is 31.3 Å². The lowest BCUT2D eigenvalue weighted by Crippen LogP contribution is -2.40. The molecule has 0 aliphatic carbocycles. The van der Waals surface area contributed by atoms with Gasteiger partial charge in [0.05, 0.1) is 6.54 Å². The van der Waals surface area contributed by atoms with Crippen molar-refractivity contribution in [2.24, 2.45) is 0 Å². The zero-order valence-corrected chi connectivity index (χ0v) is 13.9. The Kier molecular flexibility index (Phi) is 4.98. The minimum atomic E-state index is -1.11. The minimum Gasteiger partial charge on any atom is -0.491 e. The first-order valence-electron chi connectivity index (χ1n) is 8.11. The summed E-state index contributed by atoms with van der Waals surface area (Å²) in [5, 5.41) is 14.3. The third-order valence-corrected chi connectivity index (χ3v) is 4.13. The summed E-state index contributed by atoms with van der Waals surface area (Å²) >= 11 is 0. The lowest BCUT2D eigenvalue weighted by Gasteiger charge is -2.23. The molecule has 0 bridgehead atoms. The SMILES string of the molecule is Cc1noc(CCC(=O)N2CC[C@](O)(COc3ccc(F)cc3)C2)n1. The number of benzene rings is 1. The van der Waals surface area contributed by atoms with Crippen LogP contribution in [0, 0.1) is 12.7 Å². The van der Waals surface area contributed by atoms with Crippen LogP contribution >= 0.6 is 0 Å². The molecule has 1 N–H and O–H groups in total. The molecule has 2 aromatic rings. The number of β-amino-alcohol motifs (C(OH)–C–C–N with tert-alkyl or cyclic N) is 1. The van der Waals surface area contributed by atoms with E-state index in [2.05, 4.69) is 10.1 Å². The number of aliphatic hydroxyl groups is 1. The average molecular weight is 349 g/mol. The van der Waals surface area contributed by atoms with Crippen molar-refractivity contribution in [2.45, 2.75) is 31.8 Å². The van der Waals surface area contributed by atoms with Gasteiger partial charge in [-0.05, 0) is 37.6 Å². The highest BCUT2D eigenvalue weighted by Crippen LogP contribution is 2.24. The van der Waals surface area contributed by atoms with E-state index in [4.69, 9.17) is 9.26 Å². The lowest BCUT2D eigenvalue weighted by atomic mass is 10.1. The maximum absolute atomic E-state index is 12.9. The zero-order chi connectivity index (χ0) is 17.9. The van der Waals surface area contributed by atoms with Crippen LogP contribution in [0.25, 0.3) is 0 Å². The fourth-order valence-electron chi connectivity index (χ4n) is 2.75. The number of aromatic nitrogens is 2. The largest absolute Gasteiger partial charge is 0.491 e. The third kappa shape index (κ3) is 4.54. The molecule has 8 heteroatoms. The topological polar surface area (TPSA) is 88.7 Å². The summed E-state index contributed by atoms with van der Waals surface area (Å²) in [7, 11) is 0. The highest BCUT2D eigenvalue weighted by Gasteiger charge is 2.38. The number of likely N-dealkylation sites (tertiary alicyclic amines) is 1. The van der Waals surface area contributed by atoms with Crippen molar-refractivity contribution >= 4 is 5.91 Å². The van der Waals surface area contributed by atoms with Gasteiger partial charge in [0.25, 0.3) is 0 Å². The van der Waals surface area contributed by atoms with Crippen LogP contribution in [0.5, 0.6) is 5.75 Å². The molecule has 0 saturated carbocycles. The molecule has 1 saturated heterocycles. The molecule has 3 rings (SSSR count). The number of hydrogen-bond donors (Lipinski definition) is 1. The van der Waals surface area contributed by atoms with Gasteiger partial charge in [-0.25, -0.2) is 4.39 Å². The number of halogens is 1. The van der Waals surface area contributed by atoms with E-state index < -0.39 is 5.60 Å². The summed E-state index contributed by atoms with van der Waals surface area (Å²) in [5.41, 5.74) is -1.11. The van der Waals surface area contributed by atoms with Crippen molar-refractivity contribution in [3.63, 3.8) is 0 Å². The summed E-state index contributed by atoms with van der Waals surface area (Å²) in [6.07, 6.45) is 1.05. The van der Waals surface area contributed by atoms with E-state index >= 15 is 0 Å². The van der Waals surface area contributed by atoms with Crippen LogP contribution in [0.1, 0.15) is 24.6 Å². The highest BCUT2D eigenvalue weighted by atomic mass is 19.1. The normalized spacial score (nSPS) is 20.0. The maximum Gasteiger partial charge on any atom is 0.227 e. The van der Waals surface area contributed by atoms with Crippen LogP contribution in [-0.2, 0) is 11.2 Å². The number of ether oxygens (including phenoxy) is 1. The number of carbonyl (C=O) groups is 1. The molecule has 0 unspecified atom stereocenters. The van der Waals surface area contributed by atoms with Gasteiger partial charge in [-0.15, -0.1) is 0 Å². The Morgan fingerprint density at radius 1 is 1.44 bits per heavy atom. The van der Waals surface area contributed by atoms with Crippen molar-refractivity contribution in [1.82, 2.24) is 15.0 Å². The summed E-state index contributed by atoms with van der Waals surface area (Å²) in [4.78, 5) is 17.9. The fraction of sp³-hybridized carbons (Fsp3) is 0.471. The van der Waals surface area contributed by atoms with Crippen molar-refractivity contribution in [3.05, 3.63) is 41.8 Å². The smallest absolute Gasteiger partial charge is 0.227 e. The minimum absolute atomic E-state index is 0.0469. The van der Waals surface area contributed by atoms with Crippen LogP contribution in [0.2, 0.25) is 0 Å². The van der Waals surface area contributed by atoms with Crippen LogP contribution in [0.15, 0.2) is 28.8 Å². The Morgan fingerprint density at radius 2 is 2.20 bits per heavy atom. The first kappa shape index (κ1) is 17.3. The average Bonchev–Trinajstić information content (AvgIpc) is 3.19. The van der Waals surface area contributed by atoms with Crippen LogP contribution in [-0.4, -0.2) is 51.4 Å². The van der Waals surface area contributed by atoms with Gasteiger partial charge < -0.3 is 19.3 Å². The third-order valence-electron chi connectivity index (χ3n) is 4.13. The number of carbonyl (C=O) groups excluding carboxylic acids is 1. The van der Waals surface area contributed by atoms with Crippen molar-refractivity contribution < 1.29 is 23.6 Å². The Bertz CT molecular complexity index is 734. The Hall–Kier alpha value is -2.48. The second kappa shape index (κ2) is 7.18. The van der Waals surface area contributed by atoms with Crippen LogP contribution in [0.4, 0.5) is 4.39 Å². The molecule has 0 spiro atoms. The number of aryl methyl sites for hydroxylation is 2. The Balaban J connectivity index is 1.47. The summed E-state index contributed by atoms with van der Waals surface area (Å²) < 4.78 is 23.4. The molecule has 7 nitrogen and oxygen atoms in total. The molecular formula is C17H20FN3O4. The predicted octanol–water partition coefficient (Wildman–Crippen LogP) is 1.49. The second-order valence-electron chi connectivity index (χ2n) is 6.27. The standard InChI is InChI=1S/C17H20FN3O4/c1-12-19-15(25-20-12)6-7-16(22)21-9-8-17(23,10-21)11-24-14-4-2-13(18)3-5-14/h2-5,23H,6-11H2,1H3/t17-/m1/s1. The molecule has 25 heavy (non-hydrogen) atoms. The van der Waals surface area contributed by atoms with E-state index in [1.54, 1.807) is 11.8 Å². The van der Waals surface area contributed by atoms with Gasteiger partial charge in [0.1, 0.15) is 23.8 Å². The molecule has 1 aromatic carbocycles. The van der Waals surface area contributed by atoms with Crippen LogP contribution < -0.4 is 4.74 Å².